The maximum atomic E-state index is 14.3. The third-order valence-electron chi connectivity index (χ3n) is 10.4. The summed E-state index contributed by atoms with van der Waals surface area (Å²) < 4.78 is 45.4. The van der Waals surface area contributed by atoms with Crippen molar-refractivity contribution < 1.29 is 37.0 Å². The Morgan fingerprint density at radius 1 is 1.11 bits per heavy atom. The number of nitrogens with zero attached hydrogens (tertiary/aromatic N) is 3. The molecule has 3 aliphatic rings. The monoisotopic (exact) mass is 767 g/mol. The van der Waals surface area contributed by atoms with E-state index in [-0.39, 0.29) is 25.3 Å². The van der Waals surface area contributed by atoms with E-state index in [1.807, 2.05) is 37.4 Å². The number of aryl methyl sites for hydroxylation is 1. The number of sulfonamides is 1. The van der Waals surface area contributed by atoms with E-state index in [1.165, 1.54) is 22.3 Å². The zero-order valence-corrected chi connectivity index (χ0v) is 33.4. The summed E-state index contributed by atoms with van der Waals surface area (Å²) in [6.07, 6.45) is 1.87. The Morgan fingerprint density at radius 3 is 2.38 bits per heavy atom. The highest BCUT2D eigenvalue weighted by molar-refractivity contribution is 7.91. The van der Waals surface area contributed by atoms with E-state index in [2.05, 4.69) is 30.5 Å². The number of hydrogen-bond acceptors (Lipinski definition) is 11. The van der Waals surface area contributed by atoms with Crippen LogP contribution >= 0.6 is 11.3 Å². The Balaban J connectivity index is 1.35. The Bertz CT molecular complexity index is 2100. The van der Waals surface area contributed by atoms with Crippen molar-refractivity contribution in [3.8, 4) is 22.2 Å². The lowest BCUT2D eigenvalue weighted by Gasteiger charge is -2.29. The van der Waals surface area contributed by atoms with E-state index in [0.29, 0.717) is 45.9 Å². The standard InChI is InChI=1S/C38H49N5O8S2/c1-11-23-17-38(23,33(45)42-53(47,48)37(9)14-15-37)41-31(44)27-18-36(8,20-43(27)34(46)51-35(5,6)7)50-29-16-25(32-40-26(19-52-32)21(2)3)39-30-22(4)28(49-10)13-12-24(29)30/h11-13,16,19,21,23,27H,1,14-15,17-18,20H2,2-10H3,(H,41,44)(H,42,45). The molecule has 53 heavy (non-hydrogen) atoms. The average Bonchev–Trinajstić information content (AvgIpc) is 3.87. The average molecular weight is 768 g/mol. The van der Waals surface area contributed by atoms with Crippen LogP contribution < -0.4 is 19.5 Å². The second kappa shape index (κ2) is 13.3. The summed E-state index contributed by atoms with van der Waals surface area (Å²) in [5, 5.41) is 6.26. The molecule has 0 spiro atoms. The van der Waals surface area contributed by atoms with Crippen molar-refractivity contribution in [2.24, 2.45) is 5.92 Å². The smallest absolute Gasteiger partial charge is 0.411 e. The number of likely N-dealkylation sites (tertiary alicyclic amines) is 1. The summed E-state index contributed by atoms with van der Waals surface area (Å²) in [7, 11) is -2.37. The van der Waals surface area contributed by atoms with Crippen LogP contribution in [0.4, 0.5) is 4.79 Å². The van der Waals surface area contributed by atoms with Gasteiger partial charge in [0.15, 0.2) is 0 Å². The van der Waals surface area contributed by atoms with Crippen LogP contribution in [0.3, 0.4) is 0 Å². The molecule has 2 N–H and O–H groups in total. The molecule has 3 aromatic rings. The number of rotatable bonds is 11. The van der Waals surface area contributed by atoms with Crippen LogP contribution in [-0.4, -0.2) is 82.4 Å². The van der Waals surface area contributed by atoms with Gasteiger partial charge in [-0.05, 0) is 78.9 Å². The van der Waals surface area contributed by atoms with E-state index in [9.17, 15) is 22.8 Å². The first kappa shape index (κ1) is 38.5. The Morgan fingerprint density at radius 2 is 1.81 bits per heavy atom. The number of aromatic nitrogens is 2. The molecule has 1 saturated heterocycles. The van der Waals surface area contributed by atoms with Crippen LogP contribution in [0.2, 0.25) is 0 Å². The lowest BCUT2D eigenvalue weighted by atomic mass is 10.0. The topological polar surface area (TPSA) is 166 Å². The fraction of sp³-hybridized carbons (Fsp3) is 0.553. The molecular formula is C38H49N5O8S2. The van der Waals surface area contributed by atoms with Gasteiger partial charge >= 0.3 is 6.09 Å². The van der Waals surface area contributed by atoms with E-state index < -0.39 is 61.4 Å². The molecule has 2 saturated carbocycles. The zero-order valence-electron chi connectivity index (χ0n) is 31.8. The van der Waals surface area contributed by atoms with Gasteiger partial charge in [-0.2, -0.15) is 0 Å². The van der Waals surface area contributed by atoms with Crippen molar-refractivity contribution in [3.63, 3.8) is 0 Å². The maximum absolute atomic E-state index is 14.3. The number of hydrogen-bond donors (Lipinski definition) is 2. The van der Waals surface area contributed by atoms with Crippen LogP contribution in [0.25, 0.3) is 21.6 Å². The minimum atomic E-state index is -3.97. The third kappa shape index (κ3) is 7.34. The number of amides is 3. The minimum Gasteiger partial charge on any atom is -0.496 e. The first-order valence-electron chi connectivity index (χ1n) is 17.8. The number of nitrogens with one attached hydrogen (secondary N) is 2. The fourth-order valence-corrected chi connectivity index (χ4v) is 8.97. The molecule has 13 nitrogen and oxygen atoms in total. The van der Waals surface area contributed by atoms with Crippen molar-refractivity contribution in [1.82, 2.24) is 24.9 Å². The van der Waals surface area contributed by atoms with Crippen molar-refractivity contribution in [1.29, 1.82) is 0 Å². The predicted octanol–water partition coefficient (Wildman–Crippen LogP) is 6.01. The van der Waals surface area contributed by atoms with E-state index >= 15 is 0 Å². The Labute approximate surface area is 314 Å². The van der Waals surface area contributed by atoms with Crippen molar-refractivity contribution in [2.45, 2.75) is 115 Å². The molecule has 1 aromatic carbocycles. The summed E-state index contributed by atoms with van der Waals surface area (Å²) in [4.78, 5) is 52.7. The number of benzene rings is 1. The third-order valence-corrected chi connectivity index (χ3v) is 13.4. The van der Waals surface area contributed by atoms with Gasteiger partial charge in [0.05, 0.1) is 29.6 Å². The van der Waals surface area contributed by atoms with Crippen molar-refractivity contribution >= 4 is 50.2 Å². The molecule has 3 fully saturated rings. The molecule has 15 heteroatoms. The fourth-order valence-electron chi connectivity index (χ4n) is 6.72. The second-order valence-corrected chi connectivity index (χ2v) is 19.4. The van der Waals surface area contributed by atoms with Gasteiger partial charge in [-0.3, -0.25) is 19.2 Å². The molecule has 1 aliphatic heterocycles. The van der Waals surface area contributed by atoms with Gasteiger partial charge in [-0.15, -0.1) is 17.9 Å². The molecule has 2 aliphatic carbocycles. The van der Waals surface area contributed by atoms with Gasteiger partial charge in [0.1, 0.15) is 45.0 Å². The molecule has 3 amide bonds. The number of ether oxygens (including phenoxy) is 3. The number of methoxy groups -OCH3 is 1. The highest BCUT2D eigenvalue weighted by atomic mass is 32.2. The summed E-state index contributed by atoms with van der Waals surface area (Å²) in [5.74, 6) is -0.600. The summed E-state index contributed by atoms with van der Waals surface area (Å²) >= 11 is 1.48. The zero-order chi connectivity index (χ0) is 38.9. The lowest BCUT2D eigenvalue weighted by Crippen LogP contribution is -2.57. The molecule has 286 valence electrons. The van der Waals surface area contributed by atoms with Gasteiger partial charge in [-0.1, -0.05) is 19.9 Å². The quantitative estimate of drug-likeness (QED) is 0.221. The van der Waals surface area contributed by atoms with Gasteiger partial charge < -0.3 is 19.5 Å². The number of thiazole rings is 1. The first-order chi connectivity index (χ1) is 24.6. The van der Waals surface area contributed by atoms with Crippen molar-refractivity contribution in [2.75, 3.05) is 13.7 Å². The van der Waals surface area contributed by atoms with Gasteiger partial charge in [0.25, 0.3) is 5.91 Å². The SMILES string of the molecule is C=CC1CC1(NC(=O)C1CC(C)(Oc2cc(-c3nc(C(C)C)cs3)nc3c(C)c(OC)ccc23)CN1C(=O)OC(C)(C)C)C(=O)NS(=O)(=O)C1(C)CC1. The highest BCUT2D eigenvalue weighted by Gasteiger charge is 2.63. The van der Waals surface area contributed by atoms with Crippen LogP contribution in [0, 0.1) is 12.8 Å². The van der Waals surface area contributed by atoms with Crippen LogP contribution in [0.15, 0.2) is 36.2 Å². The van der Waals surface area contributed by atoms with Crippen LogP contribution in [0.5, 0.6) is 11.5 Å². The first-order valence-corrected chi connectivity index (χ1v) is 20.2. The maximum Gasteiger partial charge on any atom is 0.411 e. The Hall–Kier alpha value is -4.24. The number of fused-ring (bicyclic) bond motifs is 1. The molecule has 4 unspecified atom stereocenters. The predicted molar refractivity (Wildman–Crippen MR) is 202 cm³/mol. The summed E-state index contributed by atoms with van der Waals surface area (Å²) in [6.45, 7) is 18.4. The van der Waals surface area contributed by atoms with Gasteiger partial charge in [0, 0.05) is 34.7 Å². The lowest BCUT2D eigenvalue weighted by molar-refractivity contribution is -0.131. The van der Waals surface area contributed by atoms with E-state index in [1.54, 1.807) is 34.8 Å². The van der Waals surface area contributed by atoms with Crippen molar-refractivity contribution in [3.05, 3.63) is 47.5 Å². The molecule has 0 radical (unpaired) electrons. The second-order valence-electron chi connectivity index (χ2n) is 16.3. The van der Waals surface area contributed by atoms with Crippen LogP contribution in [-0.2, 0) is 24.3 Å². The van der Waals surface area contributed by atoms with Gasteiger partial charge in [0.2, 0.25) is 15.9 Å². The number of carbonyl (C=O) groups is 3. The molecular weight excluding hydrogens is 719 g/mol. The largest absolute Gasteiger partial charge is 0.496 e. The molecule has 6 rings (SSSR count). The molecule has 4 atom stereocenters. The Kier molecular flexibility index (Phi) is 9.62. The summed E-state index contributed by atoms with van der Waals surface area (Å²) in [5.41, 5.74) is -0.508. The highest BCUT2D eigenvalue weighted by Crippen LogP contribution is 2.48. The number of carbonyl (C=O) groups excluding carboxylic acids is 3. The molecule has 3 heterocycles. The minimum absolute atomic E-state index is 0.0279. The summed E-state index contributed by atoms with van der Waals surface area (Å²) in [6, 6.07) is 4.41. The molecule has 0 bridgehead atoms. The van der Waals surface area contributed by atoms with Crippen LogP contribution in [0.1, 0.15) is 91.3 Å². The van der Waals surface area contributed by atoms with E-state index in [4.69, 9.17) is 24.2 Å². The van der Waals surface area contributed by atoms with E-state index in [0.717, 1.165) is 11.3 Å². The van der Waals surface area contributed by atoms with Gasteiger partial charge in [-0.25, -0.2) is 23.2 Å². The number of pyridine rings is 1. The normalized spacial score (nSPS) is 24.8. The molecule has 2 aromatic heterocycles.